The largest absolute Gasteiger partial charge is 1.00 e. The van der Waals surface area contributed by atoms with Gasteiger partial charge in [-0.05, 0) is 53.8 Å². The average Bonchev–Trinajstić information content (AvgIpc) is 3.74. The van der Waals surface area contributed by atoms with Crippen molar-refractivity contribution in [3.63, 3.8) is 0 Å². The molecular formula is C33H37ClIN3O5. The Labute approximate surface area is 274 Å². The fourth-order valence-electron chi connectivity index (χ4n) is 6.73. The first-order chi connectivity index (χ1) is 20.2. The molecule has 10 heteroatoms. The molecule has 3 N–H and O–H groups in total. The van der Waals surface area contributed by atoms with E-state index < -0.39 is 6.09 Å². The monoisotopic (exact) mass is 717 g/mol. The summed E-state index contributed by atoms with van der Waals surface area (Å²) in [4.78, 5) is 25.6. The van der Waals surface area contributed by atoms with Crippen molar-refractivity contribution in [2.75, 3.05) is 24.7 Å². The molecule has 3 saturated heterocycles. The van der Waals surface area contributed by atoms with Crippen LogP contribution in [0.2, 0.25) is 5.02 Å². The summed E-state index contributed by atoms with van der Waals surface area (Å²) in [5.74, 6) is -0.125. The maximum atomic E-state index is 13.1. The van der Waals surface area contributed by atoms with Gasteiger partial charge in [0, 0.05) is 24.8 Å². The molecule has 8 nitrogen and oxygen atoms in total. The topological polar surface area (TPSA) is 100 Å². The number of nitrogens with one attached hydrogen (secondary N) is 2. The lowest BCUT2D eigenvalue weighted by molar-refractivity contribution is -0.938. The van der Waals surface area contributed by atoms with Crippen LogP contribution in [0.1, 0.15) is 36.8 Å². The molecule has 3 aromatic carbocycles. The maximum absolute atomic E-state index is 13.1. The zero-order valence-electron chi connectivity index (χ0n) is 24.3. The number of hydrogen-bond acceptors (Lipinski definition) is 5. The summed E-state index contributed by atoms with van der Waals surface area (Å²) < 4.78 is 12.7. The van der Waals surface area contributed by atoms with Crippen molar-refractivity contribution in [1.82, 2.24) is 0 Å². The SMILES string of the molecule is C[N+]1(C)[C@@H]2CC(OC(=O)Nc3ccc(CCCC(=O)Nc4ccc(CO)cc4Cl)cc3-c3ccccc3)C[C@H]1[C@@H]1O[C@@H]12.[I-]. The van der Waals surface area contributed by atoms with Crippen LogP contribution in [0.15, 0.2) is 66.7 Å². The van der Waals surface area contributed by atoms with Gasteiger partial charge in [0.1, 0.15) is 30.4 Å². The van der Waals surface area contributed by atoms with Crippen molar-refractivity contribution in [3.8, 4) is 11.1 Å². The average molecular weight is 718 g/mol. The van der Waals surface area contributed by atoms with Crippen LogP contribution >= 0.6 is 11.6 Å². The van der Waals surface area contributed by atoms with Gasteiger partial charge < -0.3 is 48.4 Å². The normalized spacial score (nSPS) is 24.3. The molecule has 2 bridgehead atoms. The number of morpholine rings is 1. The van der Waals surface area contributed by atoms with Gasteiger partial charge in [-0.15, -0.1) is 0 Å². The van der Waals surface area contributed by atoms with Gasteiger partial charge in [0.25, 0.3) is 0 Å². The van der Waals surface area contributed by atoms with Crippen LogP contribution in [0.4, 0.5) is 16.2 Å². The fraction of sp³-hybridized carbons (Fsp3) is 0.394. The first-order valence-corrected chi connectivity index (χ1v) is 14.9. The van der Waals surface area contributed by atoms with Crippen molar-refractivity contribution < 1.29 is 52.6 Å². The van der Waals surface area contributed by atoms with Crippen LogP contribution < -0.4 is 34.6 Å². The van der Waals surface area contributed by atoms with Gasteiger partial charge >= 0.3 is 6.09 Å². The molecule has 5 atom stereocenters. The van der Waals surface area contributed by atoms with Crippen molar-refractivity contribution in [2.24, 2.45) is 0 Å². The van der Waals surface area contributed by atoms with E-state index in [1.165, 1.54) is 0 Å². The number of aliphatic hydroxyl groups is 1. The number of piperidine rings is 1. The Bertz CT molecular complexity index is 1470. The van der Waals surface area contributed by atoms with Gasteiger partial charge in [-0.2, -0.15) is 0 Å². The lowest BCUT2D eigenvalue weighted by Crippen LogP contribution is -3.00. The van der Waals surface area contributed by atoms with Crippen molar-refractivity contribution in [3.05, 3.63) is 82.9 Å². The van der Waals surface area contributed by atoms with E-state index in [1.54, 1.807) is 18.2 Å². The Hall–Kier alpha value is -2.70. The van der Waals surface area contributed by atoms with E-state index in [0.717, 1.165) is 34.0 Å². The van der Waals surface area contributed by atoms with Crippen LogP contribution in [0.5, 0.6) is 0 Å². The van der Waals surface area contributed by atoms with E-state index in [2.05, 4.69) is 30.8 Å². The van der Waals surface area contributed by atoms with E-state index in [9.17, 15) is 14.7 Å². The van der Waals surface area contributed by atoms with Crippen LogP contribution in [-0.2, 0) is 27.3 Å². The molecular weight excluding hydrogens is 681 g/mol. The summed E-state index contributed by atoms with van der Waals surface area (Å²) in [6, 6.07) is 21.7. The molecule has 6 rings (SSSR count). The fourth-order valence-corrected chi connectivity index (χ4v) is 6.98. The Balaban J connectivity index is 0.00000368. The second-order valence-electron chi connectivity index (χ2n) is 12.1. The molecule has 1 unspecified atom stereocenters. The first-order valence-electron chi connectivity index (χ1n) is 14.6. The first kappa shape index (κ1) is 31.7. The number of likely N-dealkylation sites (N-methyl/N-ethyl adjacent to an activating group) is 1. The minimum Gasteiger partial charge on any atom is -1.00 e. The number of quaternary nitrogens is 1. The number of anilines is 2. The highest BCUT2D eigenvalue weighted by molar-refractivity contribution is 6.33. The van der Waals surface area contributed by atoms with Gasteiger partial charge in [-0.25, -0.2) is 4.79 Å². The number of fused-ring (bicyclic) bond motifs is 5. The van der Waals surface area contributed by atoms with Gasteiger partial charge in [-0.3, -0.25) is 10.1 Å². The summed E-state index contributed by atoms with van der Waals surface area (Å²) in [5, 5.41) is 15.5. The predicted molar refractivity (Wildman–Crippen MR) is 162 cm³/mol. The lowest BCUT2D eigenvalue weighted by Gasteiger charge is -2.45. The Morgan fingerprint density at radius 1 is 0.953 bits per heavy atom. The van der Waals surface area contributed by atoms with E-state index in [1.807, 2.05) is 42.5 Å². The second-order valence-corrected chi connectivity index (χ2v) is 12.5. The number of aliphatic hydroxyl groups excluding tert-OH is 1. The second kappa shape index (κ2) is 13.1. The Morgan fingerprint density at radius 3 is 2.30 bits per heavy atom. The number of aryl methyl sites for hydroxylation is 1. The van der Waals surface area contributed by atoms with Gasteiger partial charge in [-0.1, -0.05) is 54.1 Å². The highest BCUT2D eigenvalue weighted by Gasteiger charge is 2.70. The zero-order chi connectivity index (χ0) is 29.4. The van der Waals surface area contributed by atoms with E-state index in [4.69, 9.17) is 21.1 Å². The standard InChI is InChI=1S/C33H36ClN3O5.HI/c1-37(2)28-17-23(18-29(37)32-31(28)42-32)41-33(40)36-26-13-11-20(15-24(26)22-8-4-3-5-9-22)7-6-10-30(39)35-27-14-12-21(19-38)16-25(27)34;/h3-5,8-9,11-16,23,28-29,31-32,38H,6-7,10,17-19H2,1-2H3,(H-,35,36,39,40);1H/t23?,28-,29+,31-,32+;. The number of rotatable bonds is 9. The highest BCUT2D eigenvalue weighted by Crippen LogP contribution is 2.51. The molecule has 228 valence electrons. The third kappa shape index (κ3) is 6.86. The van der Waals surface area contributed by atoms with Crippen molar-refractivity contribution in [1.29, 1.82) is 0 Å². The van der Waals surface area contributed by atoms with Crippen LogP contribution in [0.25, 0.3) is 11.1 Å². The summed E-state index contributed by atoms with van der Waals surface area (Å²) in [6.07, 6.45) is 3.36. The molecule has 0 saturated carbocycles. The van der Waals surface area contributed by atoms with Crippen molar-refractivity contribution >= 4 is 35.0 Å². The van der Waals surface area contributed by atoms with E-state index in [0.29, 0.717) is 65.5 Å². The molecule has 3 aliphatic heterocycles. The van der Waals surface area contributed by atoms with Crippen LogP contribution in [-0.4, -0.2) is 66.1 Å². The smallest absolute Gasteiger partial charge is 0.411 e. The molecule has 3 aliphatic rings. The quantitative estimate of drug-likeness (QED) is 0.180. The molecule has 3 heterocycles. The number of carbonyl (C=O) groups excluding carboxylic acids is 2. The molecule has 0 spiro atoms. The summed E-state index contributed by atoms with van der Waals surface area (Å²) in [7, 11) is 4.52. The molecule has 0 aliphatic carbocycles. The lowest BCUT2D eigenvalue weighted by atomic mass is 9.96. The van der Waals surface area contributed by atoms with Crippen molar-refractivity contribution in [2.45, 2.75) is 69.1 Å². The van der Waals surface area contributed by atoms with E-state index in [-0.39, 0.29) is 42.6 Å². The molecule has 3 fully saturated rings. The summed E-state index contributed by atoms with van der Waals surface area (Å²) in [6.45, 7) is -0.107. The predicted octanol–water partition coefficient (Wildman–Crippen LogP) is 2.77. The summed E-state index contributed by atoms with van der Waals surface area (Å²) >= 11 is 6.23. The number of benzene rings is 3. The number of amides is 2. The number of nitrogens with zero attached hydrogens (tertiary/aromatic N) is 1. The molecule has 3 aromatic rings. The Kier molecular flexibility index (Phi) is 9.67. The third-order valence-electron chi connectivity index (χ3n) is 9.08. The van der Waals surface area contributed by atoms with Crippen LogP contribution in [0.3, 0.4) is 0 Å². The minimum absolute atomic E-state index is 0. The maximum Gasteiger partial charge on any atom is 0.411 e. The van der Waals surface area contributed by atoms with Crippen LogP contribution in [0, 0.1) is 0 Å². The molecule has 0 radical (unpaired) electrons. The van der Waals surface area contributed by atoms with Gasteiger partial charge in [0.15, 0.2) is 0 Å². The highest BCUT2D eigenvalue weighted by atomic mass is 127. The number of epoxide rings is 1. The number of halogens is 2. The Morgan fingerprint density at radius 2 is 1.63 bits per heavy atom. The third-order valence-corrected chi connectivity index (χ3v) is 9.39. The number of carbonyl (C=O) groups is 2. The summed E-state index contributed by atoms with van der Waals surface area (Å²) in [5.41, 5.74) is 4.86. The minimum atomic E-state index is -0.437. The van der Waals surface area contributed by atoms with Gasteiger partial charge in [0.2, 0.25) is 5.91 Å². The van der Waals surface area contributed by atoms with Gasteiger partial charge in [0.05, 0.1) is 37.1 Å². The zero-order valence-corrected chi connectivity index (χ0v) is 27.2. The molecule has 2 amide bonds. The number of hydrogen-bond donors (Lipinski definition) is 3. The molecule has 0 aromatic heterocycles. The van der Waals surface area contributed by atoms with E-state index >= 15 is 0 Å². The number of ether oxygens (including phenoxy) is 2. The molecule has 43 heavy (non-hydrogen) atoms.